The first-order valence-corrected chi connectivity index (χ1v) is 5.33. The maximum Gasteiger partial charge on any atom is 0.137 e. The van der Waals surface area contributed by atoms with Gasteiger partial charge in [0.1, 0.15) is 11.5 Å². The van der Waals surface area contributed by atoms with E-state index in [9.17, 15) is 4.79 Å². The maximum absolute atomic E-state index is 11.4. The second-order valence-electron chi connectivity index (χ2n) is 4.06. The van der Waals surface area contributed by atoms with Crippen LogP contribution in [0, 0.1) is 5.92 Å². The zero-order chi connectivity index (χ0) is 12.1. The van der Waals surface area contributed by atoms with Crippen molar-refractivity contribution in [2.75, 3.05) is 7.11 Å². The molecule has 1 unspecified atom stereocenters. The molecular weight excluding hydrogens is 200 g/mol. The molecule has 0 amide bonds. The van der Waals surface area contributed by atoms with E-state index in [1.165, 1.54) is 0 Å². The van der Waals surface area contributed by atoms with Crippen molar-refractivity contribution in [3.8, 4) is 5.75 Å². The van der Waals surface area contributed by atoms with E-state index in [2.05, 4.69) is 6.58 Å². The fourth-order valence-electron chi connectivity index (χ4n) is 1.66. The van der Waals surface area contributed by atoms with Gasteiger partial charge in [-0.2, -0.15) is 0 Å². The summed E-state index contributed by atoms with van der Waals surface area (Å²) in [4.78, 5) is 11.4. The van der Waals surface area contributed by atoms with Crippen molar-refractivity contribution in [1.82, 2.24) is 0 Å². The van der Waals surface area contributed by atoms with Crippen LogP contribution in [0.5, 0.6) is 5.75 Å². The molecule has 0 heterocycles. The van der Waals surface area contributed by atoms with Crippen molar-refractivity contribution in [2.45, 2.75) is 20.3 Å². The number of benzene rings is 1. The minimum Gasteiger partial charge on any atom is -0.497 e. The first-order chi connectivity index (χ1) is 7.54. The van der Waals surface area contributed by atoms with Crippen LogP contribution in [0.4, 0.5) is 0 Å². The highest BCUT2D eigenvalue weighted by atomic mass is 16.5. The molecule has 0 N–H and O–H groups in total. The third-order valence-corrected chi connectivity index (χ3v) is 2.68. The standard InChI is InChI=1S/C14H18O2/c1-10(2)14(11(3)15)9-12-5-7-13(16-4)8-6-12/h5-8,14H,1,9H2,2-4H3. The molecule has 1 rings (SSSR count). The number of carbonyl (C=O) groups excluding carboxylic acids is 1. The van der Waals surface area contributed by atoms with E-state index in [1.54, 1.807) is 14.0 Å². The third kappa shape index (κ3) is 3.23. The Labute approximate surface area is 96.9 Å². The molecule has 0 saturated carbocycles. The number of ether oxygens (including phenoxy) is 1. The second kappa shape index (κ2) is 5.50. The highest BCUT2D eigenvalue weighted by molar-refractivity contribution is 5.81. The smallest absolute Gasteiger partial charge is 0.137 e. The van der Waals surface area contributed by atoms with E-state index >= 15 is 0 Å². The number of allylic oxidation sites excluding steroid dienone is 1. The lowest BCUT2D eigenvalue weighted by Crippen LogP contribution is -2.14. The predicted octanol–water partition coefficient (Wildman–Crippen LogP) is 3.02. The Morgan fingerprint density at radius 1 is 1.31 bits per heavy atom. The molecule has 2 nitrogen and oxygen atoms in total. The minimum atomic E-state index is -0.0756. The number of ketones is 1. The minimum absolute atomic E-state index is 0.0756. The van der Waals surface area contributed by atoms with Crippen LogP contribution in [0.3, 0.4) is 0 Å². The van der Waals surface area contributed by atoms with Crippen LogP contribution in [0.1, 0.15) is 19.4 Å². The fraction of sp³-hybridized carbons (Fsp3) is 0.357. The second-order valence-corrected chi connectivity index (χ2v) is 4.06. The highest BCUT2D eigenvalue weighted by Gasteiger charge is 2.15. The number of hydrogen-bond donors (Lipinski definition) is 0. The SMILES string of the molecule is C=C(C)C(Cc1ccc(OC)cc1)C(C)=O. The largest absolute Gasteiger partial charge is 0.497 e. The molecule has 0 spiro atoms. The van der Waals surface area contributed by atoms with Gasteiger partial charge in [0, 0.05) is 5.92 Å². The normalized spacial score (nSPS) is 11.9. The summed E-state index contributed by atoms with van der Waals surface area (Å²) < 4.78 is 5.08. The van der Waals surface area contributed by atoms with Gasteiger partial charge >= 0.3 is 0 Å². The highest BCUT2D eigenvalue weighted by Crippen LogP contribution is 2.19. The van der Waals surface area contributed by atoms with Crippen molar-refractivity contribution in [3.63, 3.8) is 0 Å². The average Bonchev–Trinajstić information content (AvgIpc) is 2.25. The van der Waals surface area contributed by atoms with Crippen LogP contribution in [-0.4, -0.2) is 12.9 Å². The third-order valence-electron chi connectivity index (χ3n) is 2.68. The van der Waals surface area contributed by atoms with Crippen molar-refractivity contribution < 1.29 is 9.53 Å². The van der Waals surface area contributed by atoms with Gasteiger partial charge in [0.05, 0.1) is 7.11 Å². The van der Waals surface area contributed by atoms with Gasteiger partial charge in [0.15, 0.2) is 0 Å². The Balaban J connectivity index is 2.77. The van der Waals surface area contributed by atoms with Crippen molar-refractivity contribution >= 4 is 5.78 Å². The van der Waals surface area contributed by atoms with Crippen LogP contribution in [0.2, 0.25) is 0 Å². The first kappa shape index (κ1) is 12.5. The summed E-state index contributed by atoms with van der Waals surface area (Å²) in [5.74, 6) is 0.926. The molecule has 0 bridgehead atoms. The van der Waals surface area contributed by atoms with Gasteiger partial charge in [-0.1, -0.05) is 24.3 Å². The molecule has 0 fully saturated rings. The average molecular weight is 218 g/mol. The van der Waals surface area contributed by atoms with Gasteiger partial charge in [0.25, 0.3) is 0 Å². The van der Waals surface area contributed by atoms with E-state index in [0.29, 0.717) is 6.42 Å². The van der Waals surface area contributed by atoms with Gasteiger partial charge in [-0.15, -0.1) is 0 Å². The summed E-state index contributed by atoms with van der Waals surface area (Å²) in [5, 5.41) is 0. The molecule has 0 aliphatic rings. The zero-order valence-corrected chi connectivity index (χ0v) is 10.1. The predicted molar refractivity (Wildman–Crippen MR) is 65.7 cm³/mol. The number of hydrogen-bond acceptors (Lipinski definition) is 2. The first-order valence-electron chi connectivity index (χ1n) is 5.33. The van der Waals surface area contributed by atoms with Gasteiger partial charge in [0.2, 0.25) is 0 Å². The van der Waals surface area contributed by atoms with E-state index in [1.807, 2.05) is 31.2 Å². The number of carbonyl (C=O) groups is 1. The summed E-state index contributed by atoms with van der Waals surface area (Å²) in [6, 6.07) is 7.78. The van der Waals surface area contributed by atoms with Crippen molar-refractivity contribution in [3.05, 3.63) is 42.0 Å². The Morgan fingerprint density at radius 2 is 1.88 bits per heavy atom. The number of Topliss-reactive ketones (excluding diaryl/α,β-unsaturated/α-hetero) is 1. The Morgan fingerprint density at radius 3 is 2.25 bits per heavy atom. The molecule has 1 aromatic carbocycles. The van der Waals surface area contributed by atoms with E-state index < -0.39 is 0 Å². The lowest BCUT2D eigenvalue weighted by molar-refractivity contribution is -0.119. The van der Waals surface area contributed by atoms with Crippen LogP contribution >= 0.6 is 0 Å². The molecule has 2 heteroatoms. The molecular formula is C14H18O2. The van der Waals surface area contributed by atoms with E-state index in [0.717, 1.165) is 16.9 Å². The van der Waals surface area contributed by atoms with Gasteiger partial charge in [-0.3, -0.25) is 4.79 Å². The van der Waals surface area contributed by atoms with E-state index in [4.69, 9.17) is 4.74 Å². The van der Waals surface area contributed by atoms with E-state index in [-0.39, 0.29) is 11.7 Å². The summed E-state index contributed by atoms with van der Waals surface area (Å²) in [5.41, 5.74) is 2.05. The molecule has 86 valence electrons. The molecule has 1 aromatic rings. The lowest BCUT2D eigenvalue weighted by atomic mass is 9.90. The molecule has 0 radical (unpaired) electrons. The van der Waals surface area contributed by atoms with Crippen molar-refractivity contribution in [1.29, 1.82) is 0 Å². The summed E-state index contributed by atoms with van der Waals surface area (Å²) in [6.07, 6.45) is 0.717. The molecule has 16 heavy (non-hydrogen) atoms. The van der Waals surface area contributed by atoms with Crippen LogP contribution in [0.25, 0.3) is 0 Å². The lowest BCUT2D eigenvalue weighted by Gasteiger charge is -2.13. The quantitative estimate of drug-likeness (QED) is 0.710. The number of rotatable bonds is 5. The molecule has 0 saturated heterocycles. The molecule has 0 aliphatic carbocycles. The summed E-state index contributed by atoms with van der Waals surface area (Å²) in [7, 11) is 1.64. The monoisotopic (exact) mass is 218 g/mol. The molecule has 1 atom stereocenters. The summed E-state index contributed by atoms with van der Waals surface area (Å²) >= 11 is 0. The topological polar surface area (TPSA) is 26.3 Å². The van der Waals surface area contributed by atoms with Crippen molar-refractivity contribution in [2.24, 2.45) is 5.92 Å². The zero-order valence-electron chi connectivity index (χ0n) is 10.1. The van der Waals surface area contributed by atoms with Crippen LogP contribution in [-0.2, 0) is 11.2 Å². The van der Waals surface area contributed by atoms with Crippen LogP contribution in [0.15, 0.2) is 36.4 Å². The van der Waals surface area contributed by atoms with Gasteiger partial charge < -0.3 is 4.74 Å². The Bertz CT molecular complexity index is 362. The van der Waals surface area contributed by atoms with Gasteiger partial charge in [-0.05, 0) is 38.0 Å². The maximum atomic E-state index is 11.4. The Hall–Kier alpha value is -1.57. The Kier molecular flexibility index (Phi) is 4.29. The van der Waals surface area contributed by atoms with Gasteiger partial charge in [-0.25, -0.2) is 0 Å². The fourth-order valence-corrected chi connectivity index (χ4v) is 1.66. The molecule has 0 aromatic heterocycles. The van der Waals surface area contributed by atoms with Crippen LogP contribution < -0.4 is 4.74 Å². The number of methoxy groups -OCH3 is 1. The molecule has 0 aliphatic heterocycles. The summed E-state index contributed by atoms with van der Waals surface area (Å²) in [6.45, 7) is 7.37.